The third kappa shape index (κ3) is 9.18. The molecule has 0 rings (SSSR count). The number of rotatable bonds is 8. The molecule has 0 aliphatic heterocycles. The highest BCUT2D eigenvalue weighted by Crippen LogP contribution is 2.25. The van der Waals surface area contributed by atoms with Gasteiger partial charge in [0.2, 0.25) is 0 Å². The Morgan fingerprint density at radius 1 is 1.30 bits per heavy atom. The van der Waals surface area contributed by atoms with Crippen LogP contribution in [0.25, 0.3) is 0 Å². The monoisotopic (exact) mass is 287 g/mol. The second kappa shape index (κ2) is 9.22. The molecule has 0 saturated heterocycles. The van der Waals surface area contributed by atoms with Gasteiger partial charge in [0.15, 0.2) is 0 Å². The minimum Gasteiger partial charge on any atom is -0.444 e. The maximum absolute atomic E-state index is 11.6. The number of aliphatic hydroxyl groups excluding tert-OH is 1. The molecule has 3 unspecified atom stereocenters. The van der Waals surface area contributed by atoms with E-state index < -0.39 is 5.60 Å². The van der Waals surface area contributed by atoms with E-state index in [0.717, 1.165) is 19.3 Å². The molecule has 0 saturated carbocycles. The molecule has 20 heavy (non-hydrogen) atoms. The number of ether oxygens (including phenoxy) is 1. The van der Waals surface area contributed by atoms with Crippen LogP contribution >= 0.6 is 0 Å². The van der Waals surface area contributed by atoms with Crippen molar-refractivity contribution in [1.82, 2.24) is 5.32 Å². The molecular formula is C16H33NO3. The smallest absolute Gasteiger partial charge is 0.407 e. The first-order chi connectivity index (χ1) is 9.19. The van der Waals surface area contributed by atoms with Crippen LogP contribution in [0.4, 0.5) is 4.79 Å². The van der Waals surface area contributed by atoms with Gasteiger partial charge in [-0.3, -0.25) is 0 Å². The van der Waals surface area contributed by atoms with Crippen LogP contribution < -0.4 is 5.32 Å². The number of alkyl carbamates (subject to hydrolysis) is 1. The van der Waals surface area contributed by atoms with Gasteiger partial charge in [-0.15, -0.1) is 0 Å². The van der Waals surface area contributed by atoms with Crippen LogP contribution in [0.1, 0.15) is 60.8 Å². The van der Waals surface area contributed by atoms with Crippen molar-refractivity contribution in [2.75, 3.05) is 13.2 Å². The van der Waals surface area contributed by atoms with Gasteiger partial charge in [0, 0.05) is 13.2 Å². The molecule has 0 aromatic carbocycles. The minimum atomic E-state index is -0.449. The minimum absolute atomic E-state index is 0.252. The Hall–Kier alpha value is -0.770. The van der Waals surface area contributed by atoms with Crippen molar-refractivity contribution in [3.05, 3.63) is 0 Å². The van der Waals surface area contributed by atoms with Crippen molar-refractivity contribution in [2.45, 2.75) is 66.4 Å². The van der Waals surface area contributed by atoms with E-state index in [4.69, 9.17) is 9.84 Å². The van der Waals surface area contributed by atoms with Crippen LogP contribution in [0.2, 0.25) is 0 Å². The molecule has 0 aliphatic carbocycles. The molecule has 0 heterocycles. The van der Waals surface area contributed by atoms with E-state index in [0.29, 0.717) is 24.3 Å². The summed E-state index contributed by atoms with van der Waals surface area (Å²) < 4.78 is 5.22. The molecule has 2 N–H and O–H groups in total. The summed E-state index contributed by atoms with van der Waals surface area (Å²) in [5.41, 5.74) is -0.449. The summed E-state index contributed by atoms with van der Waals surface area (Å²) in [6.45, 7) is 13.0. The summed E-state index contributed by atoms with van der Waals surface area (Å²) in [6.07, 6.45) is 2.68. The molecule has 0 radical (unpaired) electrons. The van der Waals surface area contributed by atoms with Crippen molar-refractivity contribution < 1.29 is 14.6 Å². The number of nitrogens with one attached hydrogen (secondary N) is 1. The van der Waals surface area contributed by atoms with E-state index in [-0.39, 0.29) is 12.7 Å². The predicted molar refractivity (Wildman–Crippen MR) is 82.7 cm³/mol. The molecule has 0 bridgehead atoms. The van der Waals surface area contributed by atoms with Gasteiger partial charge in [0.25, 0.3) is 0 Å². The average Bonchev–Trinajstić information content (AvgIpc) is 2.31. The molecule has 120 valence electrons. The Morgan fingerprint density at radius 3 is 2.35 bits per heavy atom. The third-order valence-corrected chi connectivity index (χ3v) is 3.61. The second-order valence-electron chi connectivity index (χ2n) is 6.88. The fraction of sp³-hybridized carbons (Fsp3) is 0.938. The normalized spacial score (nSPS) is 16.4. The zero-order valence-electron chi connectivity index (χ0n) is 14.0. The van der Waals surface area contributed by atoms with Crippen molar-refractivity contribution in [3.8, 4) is 0 Å². The fourth-order valence-corrected chi connectivity index (χ4v) is 2.41. The van der Waals surface area contributed by atoms with Crippen LogP contribution in [0.15, 0.2) is 0 Å². The summed E-state index contributed by atoms with van der Waals surface area (Å²) in [5.74, 6) is 1.53. The number of aliphatic hydroxyl groups is 1. The fourth-order valence-electron chi connectivity index (χ4n) is 2.41. The van der Waals surface area contributed by atoms with Crippen LogP contribution in [0.5, 0.6) is 0 Å². The molecule has 0 spiro atoms. The van der Waals surface area contributed by atoms with Gasteiger partial charge in [-0.05, 0) is 51.4 Å². The summed E-state index contributed by atoms with van der Waals surface area (Å²) >= 11 is 0. The molecule has 0 aliphatic rings. The highest BCUT2D eigenvalue weighted by molar-refractivity contribution is 5.67. The maximum Gasteiger partial charge on any atom is 0.407 e. The van der Waals surface area contributed by atoms with E-state index in [2.05, 4.69) is 26.1 Å². The Balaban J connectivity index is 4.08. The summed E-state index contributed by atoms with van der Waals surface area (Å²) in [4.78, 5) is 11.6. The van der Waals surface area contributed by atoms with Crippen molar-refractivity contribution in [1.29, 1.82) is 0 Å². The van der Waals surface area contributed by atoms with Crippen molar-refractivity contribution in [3.63, 3.8) is 0 Å². The Labute approximate surface area is 124 Å². The number of carbonyl (C=O) groups excluding carboxylic acids is 1. The number of carbonyl (C=O) groups is 1. The van der Waals surface area contributed by atoms with E-state index >= 15 is 0 Å². The lowest BCUT2D eigenvalue weighted by molar-refractivity contribution is 0.0517. The molecule has 0 aromatic heterocycles. The highest BCUT2D eigenvalue weighted by Gasteiger charge is 2.20. The molecule has 4 nitrogen and oxygen atoms in total. The largest absolute Gasteiger partial charge is 0.444 e. The summed E-state index contributed by atoms with van der Waals surface area (Å²) in [5, 5.41) is 11.9. The lowest BCUT2D eigenvalue weighted by atomic mass is 9.82. The van der Waals surface area contributed by atoms with Crippen LogP contribution in [0, 0.1) is 17.8 Å². The topological polar surface area (TPSA) is 58.6 Å². The molecular weight excluding hydrogens is 254 g/mol. The molecule has 1 amide bonds. The van der Waals surface area contributed by atoms with Crippen LogP contribution in [0.3, 0.4) is 0 Å². The number of hydrogen-bond donors (Lipinski definition) is 2. The van der Waals surface area contributed by atoms with Crippen molar-refractivity contribution in [2.24, 2.45) is 17.8 Å². The van der Waals surface area contributed by atoms with E-state index in [1.807, 2.05) is 20.8 Å². The SMILES string of the molecule is CCC(CC(C)CNC(=O)OC(C)(C)C)C(C)CCO. The molecule has 0 fully saturated rings. The third-order valence-electron chi connectivity index (χ3n) is 3.61. The van der Waals surface area contributed by atoms with E-state index in [1.54, 1.807) is 0 Å². The quantitative estimate of drug-likeness (QED) is 0.717. The second-order valence-corrected chi connectivity index (χ2v) is 6.88. The first-order valence-electron chi connectivity index (χ1n) is 7.77. The molecule has 3 atom stereocenters. The standard InChI is InChI=1S/C16H33NO3/c1-7-14(13(3)8-9-18)10-12(2)11-17-15(19)20-16(4,5)6/h12-14,18H,7-11H2,1-6H3,(H,17,19). The van der Waals surface area contributed by atoms with Gasteiger partial charge in [-0.2, -0.15) is 0 Å². The van der Waals surface area contributed by atoms with Gasteiger partial charge < -0.3 is 15.2 Å². The van der Waals surface area contributed by atoms with Gasteiger partial charge in [0.05, 0.1) is 0 Å². The van der Waals surface area contributed by atoms with Crippen LogP contribution in [-0.4, -0.2) is 30.0 Å². The van der Waals surface area contributed by atoms with Gasteiger partial charge in [-0.1, -0.05) is 27.2 Å². The number of amides is 1. The summed E-state index contributed by atoms with van der Waals surface area (Å²) in [6, 6.07) is 0. The average molecular weight is 287 g/mol. The van der Waals surface area contributed by atoms with E-state index in [1.165, 1.54) is 0 Å². The van der Waals surface area contributed by atoms with E-state index in [9.17, 15) is 4.79 Å². The first-order valence-corrected chi connectivity index (χ1v) is 7.77. The first kappa shape index (κ1) is 19.2. The Bertz CT molecular complexity index is 273. The highest BCUT2D eigenvalue weighted by atomic mass is 16.6. The Morgan fingerprint density at radius 2 is 1.90 bits per heavy atom. The lowest BCUT2D eigenvalue weighted by Gasteiger charge is -2.26. The summed E-state index contributed by atoms with van der Waals surface area (Å²) in [7, 11) is 0. The predicted octanol–water partition coefficient (Wildman–Crippen LogP) is 3.58. The molecule has 4 heteroatoms. The zero-order chi connectivity index (χ0) is 15.8. The lowest BCUT2D eigenvalue weighted by Crippen LogP contribution is -2.35. The maximum atomic E-state index is 11.6. The van der Waals surface area contributed by atoms with Gasteiger partial charge in [0.1, 0.15) is 5.60 Å². The van der Waals surface area contributed by atoms with Gasteiger partial charge in [-0.25, -0.2) is 4.79 Å². The number of hydrogen-bond acceptors (Lipinski definition) is 3. The Kier molecular flexibility index (Phi) is 8.86. The molecule has 0 aromatic rings. The van der Waals surface area contributed by atoms with Gasteiger partial charge >= 0.3 is 6.09 Å². The zero-order valence-corrected chi connectivity index (χ0v) is 14.0. The van der Waals surface area contributed by atoms with Crippen molar-refractivity contribution >= 4 is 6.09 Å². The van der Waals surface area contributed by atoms with Crippen LogP contribution in [-0.2, 0) is 4.74 Å².